The molecule has 0 aromatic heterocycles. The van der Waals surface area contributed by atoms with Crippen molar-refractivity contribution in [1.82, 2.24) is 4.90 Å². The molecule has 0 radical (unpaired) electrons. The molecule has 0 aliphatic carbocycles. The molecule has 64 valence electrons. The summed E-state index contributed by atoms with van der Waals surface area (Å²) in [6.45, 7) is 2.47. The molecular weight excluding hydrogens is 160 g/mol. The van der Waals surface area contributed by atoms with Gasteiger partial charge in [0.05, 0.1) is 6.54 Å². The third-order valence-electron chi connectivity index (χ3n) is 1.94. The first-order valence-corrected chi connectivity index (χ1v) is 5.04. The molecule has 0 spiro atoms. The molecule has 4 heteroatoms. The molecule has 3 nitrogen and oxygen atoms in total. The molecule has 0 saturated carbocycles. The van der Waals surface area contributed by atoms with Crippen LogP contribution in [0.25, 0.3) is 0 Å². The summed E-state index contributed by atoms with van der Waals surface area (Å²) in [4.78, 5) is 12.6. The van der Waals surface area contributed by atoms with Gasteiger partial charge in [0.25, 0.3) is 0 Å². The Labute approximate surface area is 71.3 Å². The van der Waals surface area contributed by atoms with E-state index >= 15 is 0 Å². The molecule has 2 N–H and O–H groups in total. The topological polar surface area (TPSA) is 46.3 Å². The summed E-state index contributed by atoms with van der Waals surface area (Å²) in [5, 5.41) is 0.703. The lowest BCUT2D eigenvalue weighted by Gasteiger charge is -2.11. The van der Waals surface area contributed by atoms with Crippen molar-refractivity contribution in [2.75, 3.05) is 25.9 Å². The Kier molecular flexibility index (Phi) is 3.20. The van der Waals surface area contributed by atoms with Gasteiger partial charge in [0.1, 0.15) is 0 Å². The minimum absolute atomic E-state index is 0.216. The van der Waals surface area contributed by atoms with Gasteiger partial charge in [-0.3, -0.25) is 9.69 Å². The first kappa shape index (κ1) is 8.87. The standard InChI is InChI=1S/C7H14N2OS/c1-11-6-2-3-9(4-6)5-7(8)10/h6H,2-5H2,1H3,(H2,8,10). The summed E-state index contributed by atoms with van der Waals surface area (Å²) >= 11 is 1.87. The number of likely N-dealkylation sites (tertiary alicyclic amines) is 1. The van der Waals surface area contributed by atoms with Crippen LogP contribution in [0.3, 0.4) is 0 Å². The van der Waals surface area contributed by atoms with Crippen LogP contribution in [-0.2, 0) is 4.79 Å². The number of rotatable bonds is 3. The van der Waals surface area contributed by atoms with Crippen molar-refractivity contribution in [2.24, 2.45) is 5.73 Å². The second-order valence-electron chi connectivity index (χ2n) is 2.85. The van der Waals surface area contributed by atoms with E-state index < -0.39 is 0 Å². The average Bonchev–Trinajstić information content (AvgIpc) is 2.34. The number of carbonyl (C=O) groups excluding carboxylic acids is 1. The number of hydrogen-bond donors (Lipinski definition) is 1. The molecule has 1 aliphatic heterocycles. The van der Waals surface area contributed by atoms with Crippen LogP contribution >= 0.6 is 11.8 Å². The molecule has 1 heterocycles. The highest BCUT2D eigenvalue weighted by Gasteiger charge is 2.21. The molecule has 11 heavy (non-hydrogen) atoms. The van der Waals surface area contributed by atoms with Crippen LogP contribution in [0.2, 0.25) is 0 Å². The van der Waals surface area contributed by atoms with Crippen LogP contribution in [0.4, 0.5) is 0 Å². The van der Waals surface area contributed by atoms with Crippen LogP contribution in [0, 0.1) is 0 Å². The molecule has 1 fully saturated rings. The van der Waals surface area contributed by atoms with Crippen molar-refractivity contribution in [2.45, 2.75) is 11.7 Å². The van der Waals surface area contributed by atoms with Gasteiger partial charge in [-0.2, -0.15) is 11.8 Å². The minimum atomic E-state index is -0.216. The second kappa shape index (κ2) is 3.97. The molecule has 0 aromatic rings. The van der Waals surface area contributed by atoms with Crippen molar-refractivity contribution < 1.29 is 4.79 Å². The number of nitrogens with zero attached hydrogens (tertiary/aromatic N) is 1. The second-order valence-corrected chi connectivity index (χ2v) is 3.99. The van der Waals surface area contributed by atoms with Gasteiger partial charge in [0, 0.05) is 11.8 Å². The molecule has 0 aromatic carbocycles. The van der Waals surface area contributed by atoms with Gasteiger partial charge in [-0.1, -0.05) is 0 Å². The third kappa shape index (κ3) is 2.71. The maximum Gasteiger partial charge on any atom is 0.231 e. The fourth-order valence-corrected chi connectivity index (χ4v) is 2.05. The van der Waals surface area contributed by atoms with Gasteiger partial charge in [0.2, 0.25) is 5.91 Å². The summed E-state index contributed by atoms with van der Waals surface area (Å²) in [6.07, 6.45) is 3.30. The number of thioether (sulfide) groups is 1. The number of primary amides is 1. The smallest absolute Gasteiger partial charge is 0.231 e. The van der Waals surface area contributed by atoms with E-state index in [0.29, 0.717) is 11.8 Å². The Morgan fingerprint density at radius 3 is 3.00 bits per heavy atom. The molecule has 0 bridgehead atoms. The third-order valence-corrected chi connectivity index (χ3v) is 2.99. The molecule has 1 amide bonds. The van der Waals surface area contributed by atoms with Crippen LogP contribution in [0.5, 0.6) is 0 Å². The van der Waals surface area contributed by atoms with Crippen LogP contribution < -0.4 is 5.73 Å². The van der Waals surface area contributed by atoms with E-state index in [1.165, 1.54) is 6.42 Å². The van der Waals surface area contributed by atoms with E-state index in [0.717, 1.165) is 13.1 Å². The normalized spacial score (nSPS) is 25.7. The lowest BCUT2D eigenvalue weighted by molar-refractivity contribution is -0.118. The largest absolute Gasteiger partial charge is 0.369 e. The summed E-state index contributed by atoms with van der Waals surface area (Å²) < 4.78 is 0. The van der Waals surface area contributed by atoms with Crippen molar-refractivity contribution in [3.05, 3.63) is 0 Å². The number of carbonyl (C=O) groups is 1. The highest BCUT2D eigenvalue weighted by molar-refractivity contribution is 7.99. The lowest BCUT2D eigenvalue weighted by atomic mass is 10.4. The van der Waals surface area contributed by atoms with Gasteiger partial charge in [-0.25, -0.2) is 0 Å². The van der Waals surface area contributed by atoms with Crippen molar-refractivity contribution in [3.8, 4) is 0 Å². The van der Waals surface area contributed by atoms with Crippen LogP contribution in [-0.4, -0.2) is 41.9 Å². The van der Waals surface area contributed by atoms with Crippen molar-refractivity contribution in [1.29, 1.82) is 0 Å². The molecule has 1 rings (SSSR count). The zero-order chi connectivity index (χ0) is 8.27. The summed E-state index contributed by atoms with van der Waals surface area (Å²) in [6, 6.07) is 0. The minimum Gasteiger partial charge on any atom is -0.369 e. The maximum atomic E-state index is 10.5. The molecule has 1 unspecified atom stereocenters. The lowest BCUT2D eigenvalue weighted by Crippen LogP contribution is -2.32. The molecular formula is C7H14N2OS. The van der Waals surface area contributed by atoms with Gasteiger partial charge < -0.3 is 5.73 Å². The van der Waals surface area contributed by atoms with Gasteiger partial charge in [-0.15, -0.1) is 0 Å². The summed E-state index contributed by atoms with van der Waals surface area (Å²) in [5.74, 6) is -0.216. The van der Waals surface area contributed by atoms with Gasteiger partial charge in [0.15, 0.2) is 0 Å². The Bertz CT molecular complexity index is 151. The molecule has 1 saturated heterocycles. The van der Waals surface area contributed by atoms with E-state index in [1.807, 2.05) is 11.8 Å². The van der Waals surface area contributed by atoms with Crippen LogP contribution in [0.1, 0.15) is 6.42 Å². The van der Waals surface area contributed by atoms with Gasteiger partial charge in [-0.05, 0) is 19.2 Å². The molecule has 1 atom stereocenters. The zero-order valence-corrected chi connectivity index (χ0v) is 7.56. The predicted octanol–water partition coefficient (Wildman–Crippen LogP) is -0.0910. The number of nitrogens with two attached hydrogens (primary N) is 1. The monoisotopic (exact) mass is 174 g/mol. The highest BCUT2D eigenvalue weighted by Crippen LogP contribution is 2.19. The van der Waals surface area contributed by atoms with Gasteiger partial charge >= 0.3 is 0 Å². The Hall–Kier alpha value is -0.220. The first-order chi connectivity index (χ1) is 5.22. The number of hydrogen-bond acceptors (Lipinski definition) is 3. The quantitative estimate of drug-likeness (QED) is 0.650. The summed E-state index contributed by atoms with van der Waals surface area (Å²) in [5.41, 5.74) is 5.07. The van der Waals surface area contributed by atoms with E-state index in [1.54, 1.807) is 0 Å². The highest BCUT2D eigenvalue weighted by atomic mass is 32.2. The van der Waals surface area contributed by atoms with Crippen LogP contribution in [0.15, 0.2) is 0 Å². The van der Waals surface area contributed by atoms with E-state index in [-0.39, 0.29) is 5.91 Å². The maximum absolute atomic E-state index is 10.5. The Morgan fingerprint density at radius 2 is 2.55 bits per heavy atom. The first-order valence-electron chi connectivity index (χ1n) is 3.76. The predicted molar refractivity (Wildman–Crippen MR) is 47.6 cm³/mol. The van der Waals surface area contributed by atoms with E-state index in [2.05, 4.69) is 11.2 Å². The number of amides is 1. The summed E-state index contributed by atoms with van der Waals surface area (Å²) in [7, 11) is 0. The SMILES string of the molecule is CSC1CCN(CC(N)=O)C1. The van der Waals surface area contributed by atoms with Crippen molar-refractivity contribution in [3.63, 3.8) is 0 Å². The Balaban J connectivity index is 2.24. The zero-order valence-electron chi connectivity index (χ0n) is 6.75. The van der Waals surface area contributed by atoms with E-state index in [4.69, 9.17) is 5.73 Å². The molecule has 1 aliphatic rings. The van der Waals surface area contributed by atoms with E-state index in [9.17, 15) is 4.79 Å². The fraction of sp³-hybridized carbons (Fsp3) is 0.857. The fourth-order valence-electron chi connectivity index (χ4n) is 1.35. The Morgan fingerprint density at radius 1 is 1.82 bits per heavy atom. The average molecular weight is 174 g/mol. The van der Waals surface area contributed by atoms with Crippen molar-refractivity contribution >= 4 is 17.7 Å².